The summed E-state index contributed by atoms with van der Waals surface area (Å²) in [5.74, 6) is 0.671. The van der Waals surface area contributed by atoms with E-state index in [0.29, 0.717) is 93.4 Å². The normalized spacial score (nSPS) is 18.2. The van der Waals surface area contributed by atoms with E-state index >= 15 is 0 Å². The van der Waals surface area contributed by atoms with Crippen molar-refractivity contribution < 1.29 is 116 Å². The first-order valence-corrected chi connectivity index (χ1v) is 49.1. The molecule has 0 saturated carbocycles. The zero-order chi connectivity index (χ0) is 101. The van der Waals surface area contributed by atoms with Crippen LogP contribution in [0.15, 0.2) is 146 Å². The summed E-state index contributed by atoms with van der Waals surface area (Å²) in [6.07, 6.45) is 34.1. The van der Waals surface area contributed by atoms with Crippen LogP contribution in [0.2, 0.25) is 0 Å². The van der Waals surface area contributed by atoms with Crippen LogP contribution in [0.3, 0.4) is 0 Å². The molecule has 9 aromatic rings. The Hall–Kier alpha value is -12.1. The number of likely N-dealkylation sites (tertiary alicyclic amines) is 4. The Morgan fingerprint density at radius 1 is 0.432 bits per heavy atom. The second-order valence-corrected chi connectivity index (χ2v) is 37.9. The molecule has 6 aliphatic rings. The fraction of sp³-hybridized carbons (Fsp3) is 0.514. The topological polar surface area (TPSA) is 472 Å². The molecule has 146 heavy (non-hydrogen) atoms. The summed E-state index contributed by atoms with van der Waals surface area (Å²) in [7, 11) is 6.18. The summed E-state index contributed by atoms with van der Waals surface area (Å²) in [6, 6.07) is 32.7. The number of aldehydes is 1. The number of pyridine rings is 9. The van der Waals surface area contributed by atoms with Gasteiger partial charge < -0.3 is 79.3 Å². The molecular formula is C109H149LiN14O20S2. The number of Topliss-reactive ketones (excluding diaryl/α,β-unsaturated/α-hetero) is 1. The smallest absolute Gasteiger partial charge is 0.870 e. The number of unbranched alkanes of at least 4 members (excludes halogenated alkanes) is 4. The van der Waals surface area contributed by atoms with Crippen LogP contribution in [0.25, 0.3) is 11.0 Å². The van der Waals surface area contributed by atoms with Gasteiger partial charge in [0.2, 0.25) is 47.1 Å². The number of β-lactam (4-membered cyclic amide) rings is 4. The Kier molecular flexibility index (Phi) is 51.3. The minimum Gasteiger partial charge on any atom is -0.870 e. The Morgan fingerprint density at radius 2 is 0.753 bits per heavy atom. The quantitative estimate of drug-likeness (QED) is 0.00894. The van der Waals surface area contributed by atoms with Crippen LogP contribution in [0, 0.1) is 21.7 Å². The number of esters is 3. The van der Waals surface area contributed by atoms with Gasteiger partial charge in [-0.2, -0.15) is 27.0 Å². The number of carbonyl (C=O) groups excluding carboxylic acids is 9. The molecular weight excluding hydrogens is 1900 g/mol. The van der Waals surface area contributed by atoms with Crippen LogP contribution in [0.4, 0.5) is 5.82 Å². The SMILES string of the molecule is C.CCOC(=O)C[C@@H](c1ccc(OC)nc1)N1CC(C)(CCCCC(C)=O)C1=O.CCOC(=O)C[C@@H](c1ccc(OC)nc1)N1CC(C)(CCCCc2ccc3c(n2)CCCC3)C1=O.CCOC(=O)C[C@@H](c1ccc(OC)nc1)N1CC(C)(CCCCc2ccc3cccnc3n2)C1=O.COc1ccc([C@H](CC(=O)O)N2CC(C)(CCCCc3ccc4c(n3)CCCC4)C2=O)cn1.Nc1ncccc1C=O.O.S.S.[Li+].[OH-]. The number of methoxy groups -OCH3 is 4. The Bertz CT molecular complexity index is 5710. The van der Waals surface area contributed by atoms with Gasteiger partial charge in [-0.25, -0.2) is 34.9 Å². The largest absolute Gasteiger partial charge is 1.00 e. The van der Waals surface area contributed by atoms with E-state index in [-0.39, 0.29) is 149 Å². The number of hydrogen-bond donors (Lipinski definition) is 2. The molecule has 4 saturated heterocycles. The average molecular weight is 2050 g/mol. The number of ether oxygens (including phenoxy) is 7. The van der Waals surface area contributed by atoms with Crippen molar-refractivity contribution in [3.8, 4) is 23.5 Å². The first-order chi connectivity index (χ1) is 67.4. The first-order valence-electron chi connectivity index (χ1n) is 49.1. The maximum Gasteiger partial charge on any atom is 1.00 e. The fourth-order valence-corrected chi connectivity index (χ4v) is 19.2. The van der Waals surface area contributed by atoms with Crippen molar-refractivity contribution in [2.45, 2.75) is 267 Å². The first kappa shape index (κ1) is 124. The van der Waals surface area contributed by atoms with E-state index in [2.05, 4.69) is 65.2 Å². The standard InChI is InChI=1S/C28H37N3O4.C27H32N4O4.C26H33N3O4.C21H30N2O5.C6H6N2O.CH4.Li.2H2O.2H2S/c1-4-35-26(32)17-24(21-13-15-25(34-3)29-18-21)31-19-28(2,27(31)33)16-8-7-10-22-14-12-20-9-5-6-11-23(20)30-22;1-4-35-24(32)16-22(20-11-13-23(34-3)29-17-20)31-18-27(2,26(31)33)14-6-5-9-21-12-10-19-8-7-15-28-25(19)30-21;1-26(14-6-5-8-20-12-10-18-7-3-4-9-21(18)28-20)17-29(25(26)32)22(15-24(30)31)19-11-13-23(33-2)27-16-19;1-5-28-19(25)12-17(16-9-10-18(27-4)22-13-16)23-14-21(3,20(23)26)11-7-6-8-15(2)24;7-6-5(4-9)2-1-3-8-6;;;;;;/h12-15,18,24H,4-11,16-17,19H2,1-3H3;7-8,10-13,15,17,22H,4-6,9,14,16,18H2,1-3H3;10-13,16,22H,3-9,14-15,17H2,1-2H3,(H,30,31);9-10,13,17H,5-8,11-12,14H2,1-4H3;1-4H,(H2,7,8);1H4;;4*1H2/q;;;;;;+1;;;;/p-1/t24-,28?;22-,27?;22-,26?;17-,21?;;;;;;;/m0000......./s1. The van der Waals surface area contributed by atoms with E-state index in [0.717, 1.165) is 161 Å². The van der Waals surface area contributed by atoms with Crippen molar-refractivity contribution in [3.05, 3.63) is 214 Å². The average Bonchev–Trinajstić information content (AvgIpc) is 0.759. The van der Waals surface area contributed by atoms with Gasteiger partial charge in [0, 0.05) is 128 Å². The van der Waals surface area contributed by atoms with Crippen LogP contribution >= 0.6 is 27.0 Å². The van der Waals surface area contributed by atoms with E-state index in [1.807, 2.05) is 64.1 Å². The predicted octanol–water partition coefficient (Wildman–Crippen LogP) is 13.5. The zero-order valence-corrected chi connectivity index (χ0v) is 88.2. The molecule has 0 aromatic carbocycles. The van der Waals surface area contributed by atoms with E-state index in [1.54, 1.807) is 141 Å². The number of carbonyl (C=O) groups is 10. The van der Waals surface area contributed by atoms with Crippen molar-refractivity contribution in [1.29, 1.82) is 0 Å². The molecule has 6 N–H and O–H groups in total. The molecule has 13 heterocycles. The number of amides is 4. The molecule has 4 amide bonds. The second-order valence-electron chi connectivity index (χ2n) is 37.9. The van der Waals surface area contributed by atoms with Crippen LogP contribution in [0.1, 0.15) is 294 Å². The summed E-state index contributed by atoms with van der Waals surface area (Å²) in [6.45, 7) is 18.2. The number of aromatic nitrogens is 9. The number of aliphatic carboxylic acids is 1. The number of carboxylic acid groups (broad SMARTS) is 1. The molecule has 15 rings (SSSR count). The molecule has 4 aliphatic heterocycles. The fourth-order valence-electron chi connectivity index (χ4n) is 19.2. The minimum absolute atomic E-state index is 0. The van der Waals surface area contributed by atoms with Crippen molar-refractivity contribution >= 4 is 103 Å². The van der Waals surface area contributed by atoms with Gasteiger partial charge in [-0.3, -0.25) is 53.1 Å². The number of carboxylic acids is 1. The Labute approximate surface area is 884 Å². The molecule has 0 radical (unpaired) electrons. The van der Waals surface area contributed by atoms with Crippen LogP contribution in [-0.4, -0.2) is 215 Å². The molecule has 788 valence electrons. The summed E-state index contributed by atoms with van der Waals surface area (Å²) >= 11 is 0. The second kappa shape index (κ2) is 60.3. The van der Waals surface area contributed by atoms with Gasteiger partial charge in [-0.15, -0.1) is 0 Å². The maximum atomic E-state index is 13.3. The number of fused-ring (bicyclic) bond motifs is 3. The maximum absolute atomic E-state index is 13.3. The Morgan fingerprint density at radius 3 is 1.05 bits per heavy atom. The summed E-state index contributed by atoms with van der Waals surface area (Å²) in [5, 5.41) is 10.4. The van der Waals surface area contributed by atoms with Crippen molar-refractivity contribution in [3.63, 3.8) is 0 Å². The van der Waals surface area contributed by atoms with Crippen LogP contribution in [0.5, 0.6) is 23.5 Å². The van der Waals surface area contributed by atoms with E-state index in [1.165, 1.54) is 68.1 Å². The number of rotatable bonds is 44. The molecule has 8 atom stereocenters. The van der Waals surface area contributed by atoms with Gasteiger partial charge >= 0.3 is 42.7 Å². The number of anilines is 1. The Balaban J connectivity index is 0.000000329. The number of nitrogen functional groups attached to an aromatic ring is 1. The molecule has 2 aliphatic carbocycles. The van der Waals surface area contributed by atoms with Crippen molar-refractivity contribution in [2.75, 3.05) is 80.2 Å². The third kappa shape index (κ3) is 34.0. The van der Waals surface area contributed by atoms with Crippen molar-refractivity contribution in [2.24, 2.45) is 21.7 Å². The van der Waals surface area contributed by atoms with Crippen molar-refractivity contribution in [1.82, 2.24) is 64.5 Å². The number of hydrogen-bond acceptors (Lipinski definition) is 28. The molecule has 34 nitrogen and oxygen atoms in total. The van der Waals surface area contributed by atoms with E-state index in [9.17, 15) is 53.1 Å². The van der Waals surface area contributed by atoms with E-state index in [4.69, 9.17) is 48.9 Å². The zero-order valence-electron chi connectivity index (χ0n) is 86.2. The number of nitrogens with zero attached hydrogens (tertiary/aromatic N) is 13. The van der Waals surface area contributed by atoms with E-state index < -0.39 is 45.8 Å². The van der Waals surface area contributed by atoms with Gasteiger partial charge in [0.1, 0.15) is 11.6 Å². The van der Waals surface area contributed by atoms with Crippen LogP contribution in [-0.2, 0) is 102 Å². The third-order valence-electron chi connectivity index (χ3n) is 27.2. The minimum atomic E-state index is -0.935. The van der Waals surface area contributed by atoms with Gasteiger partial charge in [-0.1, -0.05) is 69.5 Å². The third-order valence-corrected chi connectivity index (χ3v) is 27.2. The summed E-state index contributed by atoms with van der Waals surface area (Å²) in [5.41, 5.74) is 16.6. The number of nitrogens with two attached hydrogens (primary N) is 1. The number of aryl methyl sites for hydroxylation is 7. The number of ketones is 1. The van der Waals surface area contributed by atoms with Gasteiger partial charge in [0.15, 0.2) is 11.9 Å². The van der Waals surface area contributed by atoms with Gasteiger partial charge in [0.05, 0.1) is 125 Å². The molecule has 0 spiro atoms. The summed E-state index contributed by atoms with van der Waals surface area (Å²) < 4.78 is 35.9. The van der Waals surface area contributed by atoms with Gasteiger partial charge in [0.25, 0.3) is 0 Å². The molecule has 37 heteroatoms. The van der Waals surface area contributed by atoms with Gasteiger partial charge in [-0.05, 0) is 259 Å². The monoisotopic (exact) mass is 2050 g/mol. The molecule has 4 fully saturated rings. The van der Waals surface area contributed by atoms with Crippen LogP contribution < -0.4 is 43.5 Å². The molecule has 4 unspecified atom stereocenters. The predicted molar refractivity (Wildman–Crippen MR) is 560 cm³/mol. The molecule has 9 aromatic heterocycles. The summed E-state index contributed by atoms with van der Waals surface area (Å²) in [4.78, 5) is 168. The molecule has 0 bridgehead atoms.